The summed E-state index contributed by atoms with van der Waals surface area (Å²) >= 11 is 5.27. The van der Waals surface area contributed by atoms with Gasteiger partial charge in [-0.2, -0.15) is 0 Å². The topological polar surface area (TPSA) is 12.0 Å². The zero-order valence-corrected chi connectivity index (χ0v) is 12.5. The number of benzene rings is 1. The van der Waals surface area contributed by atoms with Crippen molar-refractivity contribution in [3.05, 3.63) is 55.7 Å². The standard InChI is InChI=1S/C14H16BrNS/c1-10-4-3-5-12(11(10)2)8-16-9-13-6-7-14(15)17-13/h3-7,16H,8-9H2,1-2H3. The normalized spacial score (nSPS) is 10.8. The average molecular weight is 310 g/mol. The van der Waals surface area contributed by atoms with Gasteiger partial charge in [-0.3, -0.25) is 0 Å². The third-order valence-electron chi connectivity index (χ3n) is 2.96. The first-order valence-corrected chi connectivity index (χ1v) is 7.28. The molecular formula is C14H16BrNS. The number of hydrogen-bond acceptors (Lipinski definition) is 2. The molecule has 90 valence electrons. The van der Waals surface area contributed by atoms with E-state index in [1.165, 1.54) is 25.4 Å². The van der Waals surface area contributed by atoms with Gasteiger partial charge in [0.1, 0.15) is 0 Å². The lowest BCUT2D eigenvalue weighted by Crippen LogP contribution is -2.12. The molecule has 0 saturated carbocycles. The molecule has 2 rings (SSSR count). The highest BCUT2D eigenvalue weighted by atomic mass is 79.9. The number of nitrogens with one attached hydrogen (secondary N) is 1. The van der Waals surface area contributed by atoms with Crippen LogP contribution in [0.25, 0.3) is 0 Å². The van der Waals surface area contributed by atoms with Crippen LogP contribution in [0.1, 0.15) is 21.6 Å². The molecule has 0 aliphatic carbocycles. The molecule has 0 amide bonds. The second-order valence-electron chi connectivity index (χ2n) is 4.17. The van der Waals surface area contributed by atoms with Crippen molar-refractivity contribution in [2.24, 2.45) is 0 Å². The number of aryl methyl sites for hydroxylation is 1. The maximum absolute atomic E-state index is 3.49. The van der Waals surface area contributed by atoms with Crippen LogP contribution in [0, 0.1) is 13.8 Å². The van der Waals surface area contributed by atoms with Crippen molar-refractivity contribution < 1.29 is 0 Å². The molecular weight excluding hydrogens is 294 g/mol. The fourth-order valence-corrected chi connectivity index (χ4v) is 3.22. The van der Waals surface area contributed by atoms with Crippen LogP contribution in [0.4, 0.5) is 0 Å². The molecule has 0 saturated heterocycles. The van der Waals surface area contributed by atoms with Gasteiger partial charge in [0.2, 0.25) is 0 Å². The molecule has 3 heteroatoms. The van der Waals surface area contributed by atoms with Crippen molar-refractivity contribution in [3.63, 3.8) is 0 Å². The molecule has 1 nitrogen and oxygen atoms in total. The van der Waals surface area contributed by atoms with Gasteiger partial charge in [-0.05, 0) is 58.6 Å². The Balaban J connectivity index is 1.92. The van der Waals surface area contributed by atoms with Gasteiger partial charge < -0.3 is 5.32 Å². The fraction of sp³-hybridized carbons (Fsp3) is 0.286. The Labute approximate surface area is 115 Å². The number of halogens is 1. The van der Waals surface area contributed by atoms with Gasteiger partial charge in [0.05, 0.1) is 3.79 Å². The van der Waals surface area contributed by atoms with Gasteiger partial charge in [0.15, 0.2) is 0 Å². The zero-order valence-electron chi connectivity index (χ0n) is 10.1. The maximum atomic E-state index is 3.49. The SMILES string of the molecule is Cc1cccc(CNCc2ccc(Br)s2)c1C. The molecule has 0 aliphatic rings. The first kappa shape index (κ1) is 12.8. The van der Waals surface area contributed by atoms with Crippen molar-refractivity contribution in [3.8, 4) is 0 Å². The van der Waals surface area contributed by atoms with Gasteiger partial charge in [-0.1, -0.05) is 18.2 Å². The molecule has 1 N–H and O–H groups in total. The monoisotopic (exact) mass is 309 g/mol. The Hall–Kier alpha value is -0.640. The summed E-state index contributed by atoms with van der Waals surface area (Å²) in [6.07, 6.45) is 0. The molecule has 0 atom stereocenters. The van der Waals surface area contributed by atoms with Gasteiger partial charge in [-0.15, -0.1) is 11.3 Å². The van der Waals surface area contributed by atoms with E-state index in [2.05, 4.69) is 65.4 Å². The quantitative estimate of drug-likeness (QED) is 0.881. The lowest BCUT2D eigenvalue weighted by Gasteiger charge is -2.09. The second-order valence-corrected chi connectivity index (χ2v) is 6.72. The smallest absolute Gasteiger partial charge is 0.0701 e. The predicted octanol–water partition coefficient (Wildman–Crippen LogP) is 4.42. The molecule has 0 radical (unpaired) electrons. The van der Waals surface area contributed by atoms with E-state index in [1.807, 2.05) is 0 Å². The minimum Gasteiger partial charge on any atom is -0.308 e. The summed E-state index contributed by atoms with van der Waals surface area (Å²) in [6.45, 7) is 6.22. The third-order valence-corrected chi connectivity index (χ3v) is 4.58. The highest BCUT2D eigenvalue weighted by Crippen LogP contribution is 2.22. The third kappa shape index (κ3) is 3.41. The Bertz CT molecular complexity index is 505. The molecule has 0 bridgehead atoms. The lowest BCUT2D eigenvalue weighted by atomic mass is 10.0. The van der Waals surface area contributed by atoms with Gasteiger partial charge in [0.25, 0.3) is 0 Å². The summed E-state index contributed by atoms with van der Waals surface area (Å²) in [6, 6.07) is 10.7. The zero-order chi connectivity index (χ0) is 12.3. The summed E-state index contributed by atoms with van der Waals surface area (Å²) in [5.74, 6) is 0. The van der Waals surface area contributed by atoms with Crippen LogP contribution >= 0.6 is 27.3 Å². The molecule has 17 heavy (non-hydrogen) atoms. The maximum Gasteiger partial charge on any atom is 0.0701 e. The average Bonchev–Trinajstić information content (AvgIpc) is 2.70. The summed E-state index contributed by atoms with van der Waals surface area (Å²) in [5.41, 5.74) is 4.15. The predicted molar refractivity (Wildman–Crippen MR) is 78.5 cm³/mol. The Kier molecular flexibility index (Phi) is 4.37. The van der Waals surface area contributed by atoms with Crippen LogP contribution in [0.15, 0.2) is 34.1 Å². The van der Waals surface area contributed by atoms with E-state index in [1.54, 1.807) is 11.3 Å². The second kappa shape index (κ2) is 5.80. The van der Waals surface area contributed by atoms with E-state index in [4.69, 9.17) is 0 Å². The van der Waals surface area contributed by atoms with E-state index in [-0.39, 0.29) is 0 Å². The number of thiophene rings is 1. The van der Waals surface area contributed by atoms with E-state index < -0.39 is 0 Å². The molecule has 0 fully saturated rings. The molecule has 1 aromatic heterocycles. The first-order chi connectivity index (χ1) is 8.16. The van der Waals surface area contributed by atoms with Gasteiger partial charge in [0, 0.05) is 18.0 Å². The minimum atomic E-state index is 0.934. The molecule has 2 aromatic rings. The van der Waals surface area contributed by atoms with Crippen molar-refractivity contribution >= 4 is 27.3 Å². The summed E-state index contributed by atoms with van der Waals surface area (Å²) in [7, 11) is 0. The van der Waals surface area contributed by atoms with Crippen LogP contribution in [-0.4, -0.2) is 0 Å². The van der Waals surface area contributed by atoms with Gasteiger partial charge in [-0.25, -0.2) is 0 Å². The van der Waals surface area contributed by atoms with Crippen molar-refractivity contribution in [2.75, 3.05) is 0 Å². The molecule has 1 aromatic carbocycles. The first-order valence-electron chi connectivity index (χ1n) is 5.67. The summed E-state index contributed by atoms with van der Waals surface area (Å²) in [5, 5.41) is 3.49. The van der Waals surface area contributed by atoms with Crippen molar-refractivity contribution in [1.82, 2.24) is 5.32 Å². The number of rotatable bonds is 4. The highest BCUT2D eigenvalue weighted by molar-refractivity contribution is 9.11. The summed E-state index contributed by atoms with van der Waals surface area (Å²) in [4.78, 5) is 1.36. The van der Waals surface area contributed by atoms with Crippen LogP contribution in [-0.2, 0) is 13.1 Å². The minimum absolute atomic E-state index is 0.934. The van der Waals surface area contributed by atoms with E-state index in [0.29, 0.717) is 0 Å². The Morgan fingerprint density at radius 2 is 1.94 bits per heavy atom. The molecule has 0 spiro atoms. The highest BCUT2D eigenvalue weighted by Gasteiger charge is 2.01. The fourth-order valence-electron chi connectivity index (χ4n) is 1.77. The van der Waals surface area contributed by atoms with Crippen LogP contribution in [0.3, 0.4) is 0 Å². The van der Waals surface area contributed by atoms with Gasteiger partial charge >= 0.3 is 0 Å². The summed E-state index contributed by atoms with van der Waals surface area (Å²) < 4.78 is 1.20. The number of hydrogen-bond donors (Lipinski definition) is 1. The Morgan fingerprint density at radius 3 is 2.65 bits per heavy atom. The van der Waals surface area contributed by atoms with E-state index in [0.717, 1.165) is 13.1 Å². The molecule has 0 unspecified atom stereocenters. The lowest BCUT2D eigenvalue weighted by molar-refractivity contribution is 0.697. The van der Waals surface area contributed by atoms with Crippen molar-refractivity contribution in [2.45, 2.75) is 26.9 Å². The van der Waals surface area contributed by atoms with Crippen molar-refractivity contribution in [1.29, 1.82) is 0 Å². The molecule has 1 heterocycles. The van der Waals surface area contributed by atoms with Crippen LogP contribution in [0.2, 0.25) is 0 Å². The van der Waals surface area contributed by atoms with Crippen LogP contribution in [0.5, 0.6) is 0 Å². The van der Waals surface area contributed by atoms with Crippen LogP contribution < -0.4 is 5.32 Å². The van der Waals surface area contributed by atoms with E-state index in [9.17, 15) is 0 Å². The Morgan fingerprint density at radius 1 is 1.12 bits per heavy atom. The largest absolute Gasteiger partial charge is 0.308 e. The van der Waals surface area contributed by atoms with E-state index >= 15 is 0 Å². The molecule has 0 aliphatic heterocycles.